The summed E-state index contributed by atoms with van der Waals surface area (Å²) < 4.78 is 5.74. The molecule has 21 heavy (non-hydrogen) atoms. The largest absolute Gasteiger partial charge is 0.481 e. The highest BCUT2D eigenvalue weighted by Gasteiger charge is 2.27. The Balaban J connectivity index is 2.62. The molecule has 0 aromatic heterocycles. The average molecular weight is 293 g/mol. The highest BCUT2D eigenvalue weighted by molar-refractivity contribution is 5.81. The Labute approximate surface area is 127 Å². The zero-order valence-corrected chi connectivity index (χ0v) is 13.6. The summed E-state index contributed by atoms with van der Waals surface area (Å²) in [5, 5.41) is 12.9. The normalized spacial score (nSPS) is 15.4. The van der Waals surface area contributed by atoms with Crippen LogP contribution in [-0.4, -0.2) is 29.3 Å². The third kappa shape index (κ3) is 5.38. The van der Waals surface area contributed by atoms with Gasteiger partial charge in [0.15, 0.2) is 6.10 Å². The van der Waals surface area contributed by atoms with Gasteiger partial charge in [-0.1, -0.05) is 32.9 Å². The van der Waals surface area contributed by atoms with Gasteiger partial charge in [-0.15, -0.1) is 0 Å². The van der Waals surface area contributed by atoms with Crippen LogP contribution < -0.4 is 10.1 Å². The molecule has 4 nitrogen and oxygen atoms in total. The van der Waals surface area contributed by atoms with E-state index in [1.807, 2.05) is 52.0 Å². The Bertz CT molecular complexity index is 469. The van der Waals surface area contributed by atoms with Crippen molar-refractivity contribution in [3.8, 4) is 5.75 Å². The van der Waals surface area contributed by atoms with E-state index < -0.39 is 11.7 Å². The summed E-state index contributed by atoms with van der Waals surface area (Å²) in [7, 11) is 0. The van der Waals surface area contributed by atoms with Crippen LogP contribution in [0.1, 0.15) is 39.7 Å². The standard InChI is InChI=1S/C17H27NO3/c1-6-15(21-14-9-7-8-13(4)10-14)16(19)18-11-17(5,20)12(2)3/h7-10,12,15,20H,6,11H2,1-5H3,(H,18,19). The van der Waals surface area contributed by atoms with Gasteiger partial charge in [-0.2, -0.15) is 0 Å². The Kier molecular flexibility index (Phi) is 6.21. The van der Waals surface area contributed by atoms with Crippen molar-refractivity contribution in [2.75, 3.05) is 6.54 Å². The van der Waals surface area contributed by atoms with E-state index in [0.717, 1.165) is 5.56 Å². The van der Waals surface area contributed by atoms with Crippen LogP contribution >= 0.6 is 0 Å². The quantitative estimate of drug-likeness (QED) is 0.812. The van der Waals surface area contributed by atoms with Crippen LogP contribution in [0.5, 0.6) is 5.75 Å². The van der Waals surface area contributed by atoms with Crippen LogP contribution in [0.25, 0.3) is 0 Å². The molecule has 0 heterocycles. The van der Waals surface area contributed by atoms with Gasteiger partial charge in [0, 0.05) is 6.54 Å². The number of ether oxygens (including phenoxy) is 1. The topological polar surface area (TPSA) is 58.6 Å². The molecule has 2 N–H and O–H groups in total. The summed E-state index contributed by atoms with van der Waals surface area (Å²) in [6.07, 6.45) is 0.0265. The minimum atomic E-state index is -0.919. The van der Waals surface area contributed by atoms with Crippen molar-refractivity contribution in [1.29, 1.82) is 0 Å². The number of hydrogen-bond acceptors (Lipinski definition) is 3. The fourth-order valence-electron chi connectivity index (χ4n) is 1.76. The van der Waals surface area contributed by atoms with Crippen LogP contribution in [0.2, 0.25) is 0 Å². The second-order valence-electron chi connectivity index (χ2n) is 6.06. The first-order valence-electron chi connectivity index (χ1n) is 7.49. The number of amides is 1. The monoisotopic (exact) mass is 293 g/mol. The van der Waals surface area contributed by atoms with Gasteiger partial charge in [0.05, 0.1) is 5.60 Å². The zero-order chi connectivity index (χ0) is 16.0. The van der Waals surface area contributed by atoms with Gasteiger partial charge in [-0.25, -0.2) is 0 Å². The van der Waals surface area contributed by atoms with Crippen molar-refractivity contribution >= 4 is 5.91 Å². The SMILES string of the molecule is CCC(Oc1cccc(C)c1)C(=O)NCC(C)(O)C(C)C. The number of rotatable bonds is 7. The number of carbonyl (C=O) groups excluding carboxylic acids is 1. The van der Waals surface area contributed by atoms with Gasteiger partial charge >= 0.3 is 0 Å². The van der Waals surface area contributed by atoms with Crippen LogP contribution in [-0.2, 0) is 4.79 Å². The van der Waals surface area contributed by atoms with E-state index in [0.29, 0.717) is 12.2 Å². The summed E-state index contributed by atoms with van der Waals surface area (Å²) in [6.45, 7) is 9.67. The van der Waals surface area contributed by atoms with Crippen molar-refractivity contribution < 1.29 is 14.6 Å². The molecular weight excluding hydrogens is 266 g/mol. The Morgan fingerprint density at radius 3 is 2.62 bits per heavy atom. The third-order valence-electron chi connectivity index (χ3n) is 3.80. The number of aliphatic hydroxyl groups is 1. The molecule has 1 rings (SSSR count). The van der Waals surface area contributed by atoms with Crippen molar-refractivity contribution in [2.24, 2.45) is 5.92 Å². The van der Waals surface area contributed by atoms with Gasteiger partial charge in [0.1, 0.15) is 5.75 Å². The molecule has 0 radical (unpaired) electrons. The maximum absolute atomic E-state index is 12.2. The second kappa shape index (κ2) is 7.46. The van der Waals surface area contributed by atoms with E-state index in [2.05, 4.69) is 5.32 Å². The van der Waals surface area contributed by atoms with Crippen LogP contribution in [0.15, 0.2) is 24.3 Å². The number of nitrogens with one attached hydrogen (secondary N) is 1. The minimum absolute atomic E-state index is 0.0653. The van der Waals surface area contributed by atoms with Crippen LogP contribution in [0.4, 0.5) is 0 Å². The molecule has 0 saturated heterocycles. The molecule has 1 aromatic rings. The van der Waals surface area contributed by atoms with E-state index in [1.165, 1.54) is 0 Å². The first-order valence-corrected chi connectivity index (χ1v) is 7.49. The molecule has 2 unspecified atom stereocenters. The van der Waals surface area contributed by atoms with E-state index in [-0.39, 0.29) is 18.4 Å². The van der Waals surface area contributed by atoms with Gasteiger partial charge < -0.3 is 15.2 Å². The Hall–Kier alpha value is -1.55. The predicted octanol–water partition coefficient (Wildman–Crippen LogP) is 2.68. The highest BCUT2D eigenvalue weighted by atomic mass is 16.5. The molecule has 0 fully saturated rings. The molecule has 0 aliphatic heterocycles. The summed E-state index contributed by atoms with van der Waals surface area (Å²) in [5.74, 6) is 0.558. The lowest BCUT2D eigenvalue weighted by Gasteiger charge is -2.28. The fourth-order valence-corrected chi connectivity index (χ4v) is 1.76. The third-order valence-corrected chi connectivity index (χ3v) is 3.80. The number of benzene rings is 1. The molecule has 0 aliphatic carbocycles. The highest BCUT2D eigenvalue weighted by Crippen LogP contribution is 2.17. The number of hydrogen-bond donors (Lipinski definition) is 2. The smallest absolute Gasteiger partial charge is 0.261 e. The van der Waals surface area contributed by atoms with Gasteiger partial charge in [0.2, 0.25) is 0 Å². The van der Waals surface area contributed by atoms with E-state index in [4.69, 9.17) is 4.74 Å². The van der Waals surface area contributed by atoms with Crippen molar-refractivity contribution in [2.45, 2.75) is 52.7 Å². The Morgan fingerprint density at radius 2 is 2.10 bits per heavy atom. The summed E-state index contributed by atoms with van der Waals surface area (Å²) in [5.41, 5.74) is 0.169. The van der Waals surface area contributed by atoms with Crippen molar-refractivity contribution in [3.05, 3.63) is 29.8 Å². The second-order valence-corrected chi connectivity index (χ2v) is 6.06. The molecule has 0 bridgehead atoms. The number of carbonyl (C=O) groups is 1. The predicted molar refractivity (Wildman–Crippen MR) is 84.4 cm³/mol. The zero-order valence-electron chi connectivity index (χ0n) is 13.6. The first-order chi connectivity index (χ1) is 9.76. The first kappa shape index (κ1) is 17.5. The van der Waals surface area contributed by atoms with Gasteiger partial charge in [-0.3, -0.25) is 4.79 Å². The fraction of sp³-hybridized carbons (Fsp3) is 0.588. The average Bonchev–Trinajstić information content (AvgIpc) is 2.42. The van der Waals surface area contributed by atoms with Crippen LogP contribution in [0, 0.1) is 12.8 Å². The lowest BCUT2D eigenvalue weighted by molar-refractivity contribution is -0.129. The molecule has 2 atom stereocenters. The van der Waals surface area contributed by atoms with E-state index >= 15 is 0 Å². The maximum Gasteiger partial charge on any atom is 0.261 e. The molecule has 118 valence electrons. The molecular formula is C17H27NO3. The van der Waals surface area contributed by atoms with E-state index in [1.54, 1.807) is 6.92 Å². The van der Waals surface area contributed by atoms with Gasteiger partial charge in [0.25, 0.3) is 5.91 Å². The van der Waals surface area contributed by atoms with E-state index in [9.17, 15) is 9.90 Å². The molecule has 4 heteroatoms. The molecule has 0 saturated carbocycles. The minimum Gasteiger partial charge on any atom is -0.481 e. The molecule has 1 aromatic carbocycles. The Morgan fingerprint density at radius 1 is 1.43 bits per heavy atom. The summed E-state index contributed by atoms with van der Waals surface area (Å²) in [4.78, 5) is 12.2. The lowest BCUT2D eigenvalue weighted by Crippen LogP contribution is -2.48. The number of aryl methyl sites for hydroxylation is 1. The lowest BCUT2D eigenvalue weighted by atomic mass is 9.92. The van der Waals surface area contributed by atoms with Crippen LogP contribution in [0.3, 0.4) is 0 Å². The molecule has 0 spiro atoms. The van der Waals surface area contributed by atoms with Crippen molar-refractivity contribution in [3.63, 3.8) is 0 Å². The maximum atomic E-state index is 12.2. The van der Waals surface area contributed by atoms with Crippen molar-refractivity contribution in [1.82, 2.24) is 5.32 Å². The molecule has 0 aliphatic rings. The summed E-state index contributed by atoms with van der Waals surface area (Å²) in [6, 6.07) is 7.62. The molecule has 1 amide bonds. The summed E-state index contributed by atoms with van der Waals surface area (Å²) >= 11 is 0. The van der Waals surface area contributed by atoms with Gasteiger partial charge in [-0.05, 0) is 43.9 Å².